The quantitative estimate of drug-likeness (QED) is 0.810. The van der Waals surface area contributed by atoms with Gasteiger partial charge in [0.25, 0.3) is 0 Å². The van der Waals surface area contributed by atoms with Gasteiger partial charge in [-0.1, -0.05) is 30.2 Å². The summed E-state index contributed by atoms with van der Waals surface area (Å²) in [5.41, 5.74) is 0.732. The molecule has 148 valence electrons. The molecule has 2 saturated carbocycles. The molecule has 0 radical (unpaired) electrons. The third-order valence-corrected chi connectivity index (χ3v) is 8.65. The molecule has 4 rings (SSSR count). The maximum atomic E-state index is 12.7. The van der Waals surface area contributed by atoms with Crippen LogP contribution in [-0.2, 0) is 20.6 Å². The maximum absolute atomic E-state index is 12.7. The fraction of sp³-hybridized carbons (Fsp3) is 0.650. The Morgan fingerprint density at radius 2 is 1.78 bits per heavy atom. The molecule has 3 fully saturated rings. The van der Waals surface area contributed by atoms with E-state index in [-0.39, 0.29) is 17.6 Å². The van der Waals surface area contributed by atoms with E-state index < -0.39 is 10.0 Å². The highest BCUT2D eigenvalue weighted by Crippen LogP contribution is 2.44. The normalized spacial score (nSPS) is 29.1. The van der Waals surface area contributed by atoms with E-state index in [0.29, 0.717) is 42.9 Å². The molecule has 27 heavy (non-hydrogen) atoms. The third-order valence-electron chi connectivity index (χ3n) is 6.55. The minimum atomic E-state index is -3.37. The highest BCUT2D eigenvalue weighted by atomic mass is 35.5. The standard InChI is InChI=1S/C20H27ClN2O3S/c21-18-5-2-14(3-6-18)13-27(25,26)23-9-7-16(8-10-23)20(24)22-19-12-15-1-4-17(19)11-15/h2-3,5-6,15-17,19H,1,4,7-13H2,(H,22,24)/t15-,17+,19+/m0/s1. The lowest BCUT2D eigenvalue weighted by Crippen LogP contribution is -2.46. The van der Waals surface area contributed by atoms with Crippen molar-refractivity contribution in [2.75, 3.05) is 13.1 Å². The van der Waals surface area contributed by atoms with Crippen molar-refractivity contribution in [3.05, 3.63) is 34.9 Å². The maximum Gasteiger partial charge on any atom is 0.223 e. The first-order chi connectivity index (χ1) is 12.9. The van der Waals surface area contributed by atoms with Crippen molar-refractivity contribution < 1.29 is 13.2 Å². The molecule has 3 atom stereocenters. The summed E-state index contributed by atoms with van der Waals surface area (Å²) >= 11 is 5.86. The average molecular weight is 411 g/mol. The SMILES string of the molecule is O=C(N[C@@H]1C[C@H]2CC[C@@H]1C2)C1CCN(S(=O)(=O)Cc2ccc(Cl)cc2)CC1. The summed E-state index contributed by atoms with van der Waals surface area (Å²) in [7, 11) is -3.37. The highest BCUT2D eigenvalue weighted by Gasteiger charge is 2.41. The van der Waals surface area contributed by atoms with Gasteiger partial charge in [0.05, 0.1) is 5.75 Å². The van der Waals surface area contributed by atoms with Crippen molar-refractivity contribution in [1.82, 2.24) is 9.62 Å². The van der Waals surface area contributed by atoms with E-state index >= 15 is 0 Å². The number of benzene rings is 1. The number of amides is 1. The van der Waals surface area contributed by atoms with Gasteiger partial charge < -0.3 is 5.32 Å². The lowest BCUT2D eigenvalue weighted by molar-refractivity contribution is -0.127. The van der Waals surface area contributed by atoms with Crippen LogP contribution in [0.3, 0.4) is 0 Å². The Hall–Kier alpha value is -1.11. The van der Waals surface area contributed by atoms with Gasteiger partial charge in [0.2, 0.25) is 15.9 Å². The molecule has 5 nitrogen and oxygen atoms in total. The van der Waals surface area contributed by atoms with Gasteiger partial charge >= 0.3 is 0 Å². The first-order valence-corrected chi connectivity index (χ1v) is 11.9. The number of carbonyl (C=O) groups excluding carboxylic acids is 1. The van der Waals surface area contributed by atoms with E-state index in [9.17, 15) is 13.2 Å². The molecule has 3 aliphatic rings. The Morgan fingerprint density at radius 3 is 2.37 bits per heavy atom. The number of hydrogen-bond acceptors (Lipinski definition) is 3. The first kappa shape index (κ1) is 19.2. The van der Waals surface area contributed by atoms with Crippen molar-refractivity contribution in [1.29, 1.82) is 0 Å². The van der Waals surface area contributed by atoms with Gasteiger partial charge in [-0.25, -0.2) is 12.7 Å². The predicted octanol–water partition coefficient (Wildman–Crippen LogP) is 3.19. The summed E-state index contributed by atoms with van der Waals surface area (Å²) in [6, 6.07) is 7.25. The van der Waals surface area contributed by atoms with Crippen LogP contribution in [0.5, 0.6) is 0 Å². The molecule has 0 aromatic heterocycles. The van der Waals surface area contributed by atoms with E-state index in [2.05, 4.69) is 5.32 Å². The van der Waals surface area contributed by atoms with Crippen LogP contribution in [-0.4, -0.2) is 37.8 Å². The summed E-state index contributed by atoms with van der Waals surface area (Å²) < 4.78 is 26.9. The minimum absolute atomic E-state index is 0.0217. The summed E-state index contributed by atoms with van der Waals surface area (Å²) in [5, 5.41) is 3.86. The van der Waals surface area contributed by atoms with Crippen LogP contribution in [0.15, 0.2) is 24.3 Å². The van der Waals surface area contributed by atoms with Gasteiger partial charge in [0.1, 0.15) is 0 Å². The van der Waals surface area contributed by atoms with E-state index in [1.54, 1.807) is 24.3 Å². The number of rotatable bonds is 5. The summed E-state index contributed by atoms with van der Waals surface area (Å²) in [5.74, 6) is 1.51. The van der Waals surface area contributed by atoms with Crippen LogP contribution in [0, 0.1) is 17.8 Å². The van der Waals surface area contributed by atoms with Crippen molar-refractivity contribution in [3.63, 3.8) is 0 Å². The minimum Gasteiger partial charge on any atom is -0.353 e. The molecule has 1 aliphatic heterocycles. The summed E-state index contributed by atoms with van der Waals surface area (Å²) in [6.45, 7) is 0.843. The van der Waals surface area contributed by atoms with Crippen LogP contribution in [0.2, 0.25) is 5.02 Å². The van der Waals surface area contributed by atoms with E-state index in [4.69, 9.17) is 11.6 Å². The zero-order chi connectivity index (χ0) is 19.0. The lowest BCUT2D eigenvalue weighted by atomic mass is 9.93. The predicted molar refractivity (Wildman–Crippen MR) is 106 cm³/mol. The number of nitrogens with one attached hydrogen (secondary N) is 1. The molecular weight excluding hydrogens is 384 g/mol. The number of halogens is 1. The van der Waals surface area contributed by atoms with Crippen molar-refractivity contribution in [3.8, 4) is 0 Å². The third kappa shape index (κ3) is 4.33. The largest absolute Gasteiger partial charge is 0.353 e. The number of carbonyl (C=O) groups is 1. The zero-order valence-corrected chi connectivity index (χ0v) is 17.0. The van der Waals surface area contributed by atoms with Gasteiger partial charge in [-0.15, -0.1) is 0 Å². The molecule has 1 amide bonds. The molecule has 1 aromatic carbocycles. The first-order valence-electron chi connectivity index (χ1n) is 9.93. The molecule has 0 spiro atoms. The molecule has 0 unspecified atom stereocenters. The molecule has 7 heteroatoms. The monoisotopic (exact) mass is 410 g/mol. The van der Waals surface area contributed by atoms with Crippen LogP contribution in [0.25, 0.3) is 0 Å². The second-order valence-electron chi connectivity index (χ2n) is 8.35. The number of fused-ring (bicyclic) bond motifs is 2. The molecule has 2 aliphatic carbocycles. The Balaban J connectivity index is 1.29. The van der Waals surface area contributed by atoms with Crippen LogP contribution >= 0.6 is 11.6 Å². The fourth-order valence-corrected chi connectivity index (χ4v) is 6.69. The van der Waals surface area contributed by atoms with Gasteiger partial charge in [0.15, 0.2) is 0 Å². The van der Waals surface area contributed by atoms with Crippen molar-refractivity contribution in [2.24, 2.45) is 17.8 Å². The molecule has 1 heterocycles. The van der Waals surface area contributed by atoms with Crippen molar-refractivity contribution >= 4 is 27.5 Å². The van der Waals surface area contributed by atoms with Gasteiger partial charge in [-0.05, 0) is 61.6 Å². The van der Waals surface area contributed by atoms with Crippen LogP contribution < -0.4 is 5.32 Å². The molecule has 1 saturated heterocycles. The Bertz CT molecular complexity index is 788. The smallest absolute Gasteiger partial charge is 0.223 e. The van der Waals surface area contributed by atoms with Gasteiger partial charge in [-0.2, -0.15) is 0 Å². The van der Waals surface area contributed by atoms with E-state index in [1.165, 1.54) is 23.6 Å². The number of hydrogen-bond donors (Lipinski definition) is 1. The second-order valence-corrected chi connectivity index (χ2v) is 10.8. The second kappa shape index (κ2) is 7.72. The topological polar surface area (TPSA) is 66.5 Å². The fourth-order valence-electron chi connectivity index (χ4n) is 5.00. The van der Waals surface area contributed by atoms with E-state index in [1.807, 2.05) is 0 Å². The lowest BCUT2D eigenvalue weighted by Gasteiger charge is -2.32. The summed E-state index contributed by atoms with van der Waals surface area (Å²) in [4.78, 5) is 12.6. The zero-order valence-electron chi connectivity index (χ0n) is 15.4. The van der Waals surface area contributed by atoms with Crippen LogP contribution in [0.1, 0.15) is 44.1 Å². The van der Waals surface area contributed by atoms with Gasteiger partial charge in [0, 0.05) is 30.1 Å². The van der Waals surface area contributed by atoms with E-state index in [0.717, 1.165) is 17.9 Å². The Labute approximate surface area is 166 Å². The van der Waals surface area contributed by atoms with Crippen molar-refractivity contribution in [2.45, 2.75) is 50.3 Å². The van der Waals surface area contributed by atoms with Crippen LogP contribution in [0.4, 0.5) is 0 Å². The number of sulfonamides is 1. The van der Waals surface area contributed by atoms with Gasteiger partial charge in [-0.3, -0.25) is 4.79 Å². The Kier molecular flexibility index (Phi) is 5.50. The number of nitrogens with zero attached hydrogens (tertiary/aromatic N) is 1. The molecule has 2 bridgehead atoms. The molecular formula is C20H27ClN2O3S. The molecule has 1 aromatic rings. The number of piperidine rings is 1. The Morgan fingerprint density at radius 1 is 1.07 bits per heavy atom. The average Bonchev–Trinajstić information content (AvgIpc) is 3.27. The summed E-state index contributed by atoms with van der Waals surface area (Å²) in [6.07, 6.45) is 6.17. The highest BCUT2D eigenvalue weighted by molar-refractivity contribution is 7.88. The molecule has 1 N–H and O–H groups in total.